The Morgan fingerprint density at radius 1 is 1.38 bits per heavy atom. The van der Waals surface area contributed by atoms with Gasteiger partial charge in [0.1, 0.15) is 35.7 Å². The smallest absolute Gasteiger partial charge is 0.405 e. The molecule has 1 aliphatic carbocycles. The normalized spacial score (nSPS) is 18.1. The van der Waals surface area contributed by atoms with Crippen molar-refractivity contribution in [3.8, 4) is 0 Å². The Labute approximate surface area is 224 Å². The van der Waals surface area contributed by atoms with E-state index in [9.17, 15) is 35.9 Å². The van der Waals surface area contributed by atoms with Crippen molar-refractivity contribution in [2.45, 2.75) is 56.8 Å². The third-order valence-electron chi connectivity index (χ3n) is 6.16. The number of nitrogens with zero attached hydrogens (tertiary/aromatic N) is 3. The molecule has 40 heavy (non-hydrogen) atoms. The molecule has 1 aliphatic rings. The van der Waals surface area contributed by atoms with Gasteiger partial charge < -0.3 is 31.6 Å². The molecular formula is C22H30F6N8O4. The lowest BCUT2D eigenvalue weighted by atomic mass is 9.81. The van der Waals surface area contributed by atoms with Gasteiger partial charge in [0.2, 0.25) is 11.8 Å². The molecule has 18 heteroatoms. The fourth-order valence-electron chi connectivity index (χ4n) is 4.00. The van der Waals surface area contributed by atoms with Gasteiger partial charge in [-0.2, -0.15) is 17.6 Å². The van der Waals surface area contributed by atoms with Gasteiger partial charge in [-0.25, -0.2) is 8.78 Å². The highest BCUT2D eigenvalue weighted by Gasteiger charge is 2.41. The SMILES string of the molecule is COCC(/C(=C/N)NCC(F)(F)F)n1cc(NC(=O)C(NC(=O)C(=N)/C(C)=N\O)C2CCC(F)(F)CC2)c(F)n1. The van der Waals surface area contributed by atoms with E-state index in [1.165, 1.54) is 7.11 Å². The van der Waals surface area contributed by atoms with E-state index in [1.807, 2.05) is 0 Å². The second kappa shape index (κ2) is 13.5. The summed E-state index contributed by atoms with van der Waals surface area (Å²) in [4.78, 5) is 25.7. The molecule has 2 unspecified atom stereocenters. The van der Waals surface area contributed by atoms with Crippen LogP contribution in [0.4, 0.5) is 32.0 Å². The molecule has 0 aliphatic heterocycles. The second-order valence-electron chi connectivity index (χ2n) is 9.07. The number of hydrogen-bond donors (Lipinski definition) is 6. The number of amides is 2. The largest absolute Gasteiger partial charge is 0.411 e. The van der Waals surface area contributed by atoms with Crippen LogP contribution in [0.5, 0.6) is 0 Å². The Morgan fingerprint density at radius 3 is 2.52 bits per heavy atom. The van der Waals surface area contributed by atoms with Crippen molar-refractivity contribution >= 4 is 28.9 Å². The number of rotatable bonds is 12. The predicted molar refractivity (Wildman–Crippen MR) is 130 cm³/mol. The average molecular weight is 585 g/mol. The van der Waals surface area contributed by atoms with Crippen molar-refractivity contribution < 1.29 is 45.9 Å². The number of oxime groups is 1. The summed E-state index contributed by atoms with van der Waals surface area (Å²) in [6.45, 7) is -0.613. The number of methoxy groups -OCH3 is 1. The molecule has 2 atom stereocenters. The molecule has 0 aromatic carbocycles. The molecule has 2 amide bonds. The number of carbonyl (C=O) groups excluding carboxylic acids is 2. The summed E-state index contributed by atoms with van der Waals surface area (Å²) in [6, 6.07) is -2.67. The molecule has 1 fully saturated rings. The topological polar surface area (TPSA) is 180 Å². The maximum atomic E-state index is 14.8. The number of alkyl halides is 5. The van der Waals surface area contributed by atoms with Crippen LogP contribution >= 0.6 is 0 Å². The van der Waals surface area contributed by atoms with Gasteiger partial charge in [-0.1, -0.05) is 5.16 Å². The fraction of sp³-hybridized carbons (Fsp3) is 0.591. The molecular weight excluding hydrogens is 554 g/mol. The summed E-state index contributed by atoms with van der Waals surface area (Å²) < 4.78 is 86.1. The van der Waals surface area contributed by atoms with Crippen molar-refractivity contribution in [1.82, 2.24) is 20.4 Å². The van der Waals surface area contributed by atoms with Crippen LogP contribution < -0.4 is 21.7 Å². The Bertz CT molecular complexity index is 1130. The van der Waals surface area contributed by atoms with Gasteiger partial charge in [-0.15, -0.1) is 5.10 Å². The minimum Gasteiger partial charge on any atom is -0.411 e. The van der Waals surface area contributed by atoms with E-state index in [-0.39, 0.29) is 30.9 Å². The van der Waals surface area contributed by atoms with Gasteiger partial charge in [-0.05, 0) is 25.7 Å². The van der Waals surface area contributed by atoms with Crippen LogP contribution in [0.25, 0.3) is 0 Å². The van der Waals surface area contributed by atoms with Gasteiger partial charge in [0.25, 0.3) is 11.9 Å². The summed E-state index contributed by atoms with van der Waals surface area (Å²) in [5, 5.41) is 29.4. The van der Waals surface area contributed by atoms with Crippen LogP contribution in [0, 0.1) is 17.3 Å². The molecule has 0 bridgehead atoms. The molecule has 0 saturated heterocycles. The third-order valence-corrected chi connectivity index (χ3v) is 6.16. The van der Waals surface area contributed by atoms with Gasteiger partial charge in [0, 0.05) is 26.2 Å². The van der Waals surface area contributed by atoms with E-state index < -0.39 is 78.6 Å². The minimum absolute atomic E-state index is 0.182. The number of carbonyl (C=O) groups is 2. The van der Waals surface area contributed by atoms with E-state index in [0.717, 1.165) is 24.0 Å². The Hall–Kier alpha value is -3.83. The minimum atomic E-state index is -4.60. The number of nitrogens with two attached hydrogens (primary N) is 1. The lowest BCUT2D eigenvalue weighted by Crippen LogP contribution is -2.52. The Morgan fingerprint density at radius 2 is 2.00 bits per heavy atom. The van der Waals surface area contributed by atoms with E-state index in [1.54, 1.807) is 0 Å². The first kappa shape index (κ1) is 32.4. The maximum absolute atomic E-state index is 14.8. The number of ether oxygens (including phenoxy) is 1. The molecule has 0 radical (unpaired) electrons. The average Bonchev–Trinajstić information content (AvgIpc) is 3.24. The van der Waals surface area contributed by atoms with E-state index in [2.05, 4.69) is 26.2 Å². The van der Waals surface area contributed by atoms with E-state index in [0.29, 0.717) is 0 Å². The molecule has 1 heterocycles. The molecule has 0 spiro atoms. The monoisotopic (exact) mass is 584 g/mol. The summed E-state index contributed by atoms with van der Waals surface area (Å²) in [7, 11) is 1.23. The first-order chi connectivity index (χ1) is 18.6. The zero-order valence-electron chi connectivity index (χ0n) is 21.5. The van der Waals surface area contributed by atoms with Crippen molar-refractivity contribution in [2.24, 2.45) is 16.8 Å². The quantitative estimate of drug-likeness (QED) is 0.0944. The maximum Gasteiger partial charge on any atom is 0.405 e. The first-order valence-corrected chi connectivity index (χ1v) is 11.9. The number of anilines is 1. The van der Waals surface area contributed by atoms with E-state index in [4.69, 9.17) is 21.1 Å². The van der Waals surface area contributed by atoms with Crippen LogP contribution in [-0.2, 0) is 14.3 Å². The highest BCUT2D eigenvalue weighted by atomic mass is 19.4. The number of hydrogen-bond acceptors (Lipinski definition) is 9. The second-order valence-corrected chi connectivity index (χ2v) is 9.07. The van der Waals surface area contributed by atoms with Gasteiger partial charge in [0.05, 0.1) is 18.5 Å². The highest BCUT2D eigenvalue weighted by Crippen LogP contribution is 2.37. The molecule has 224 valence electrons. The summed E-state index contributed by atoms with van der Waals surface area (Å²) in [6.07, 6.45) is -4.33. The zero-order chi connectivity index (χ0) is 30.3. The van der Waals surface area contributed by atoms with Crippen molar-refractivity contribution in [3.05, 3.63) is 24.0 Å². The predicted octanol–water partition coefficient (Wildman–Crippen LogP) is 2.28. The third kappa shape index (κ3) is 8.85. The Kier molecular flexibility index (Phi) is 10.9. The lowest BCUT2D eigenvalue weighted by molar-refractivity contribution is -0.126. The number of aromatic nitrogens is 2. The lowest BCUT2D eigenvalue weighted by Gasteiger charge is -2.33. The molecule has 1 aromatic rings. The summed E-state index contributed by atoms with van der Waals surface area (Å²) in [5.74, 6) is -7.20. The molecule has 12 nitrogen and oxygen atoms in total. The van der Waals surface area contributed by atoms with Gasteiger partial charge in [-0.3, -0.25) is 19.7 Å². The number of halogens is 6. The Balaban J connectivity index is 2.31. The number of nitrogens with one attached hydrogen (secondary N) is 4. The molecule has 1 saturated carbocycles. The fourth-order valence-corrected chi connectivity index (χ4v) is 4.00. The van der Waals surface area contributed by atoms with Crippen LogP contribution in [0.1, 0.15) is 38.6 Å². The van der Waals surface area contributed by atoms with Crippen LogP contribution in [-0.4, -0.2) is 76.6 Å². The standard InChI is InChI=1S/C22H30F6N8O4/c1-11(35-39)16(30)19(37)33-17(12-3-5-21(24,25)6-4-12)20(38)32-14-8-36(34-18(14)23)15(9-40-2)13(7-29)31-10-22(26,27)28/h7-8,12,15,17,30-31,39H,3-6,9-10,29H2,1-2H3,(H,32,38)(H,33,37)/b13-7-,30-16?,35-11-. The summed E-state index contributed by atoms with van der Waals surface area (Å²) >= 11 is 0. The van der Waals surface area contributed by atoms with Crippen LogP contribution in [0.2, 0.25) is 0 Å². The van der Waals surface area contributed by atoms with Crippen LogP contribution in [0.3, 0.4) is 0 Å². The van der Waals surface area contributed by atoms with E-state index >= 15 is 0 Å². The molecule has 7 N–H and O–H groups in total. The van der Waals surface area contributed by atoms with Crippen LogP contribution in [0.15, 0.2) is 23.2 Å². The van der Waals surface area contributed by atoms with Crippen molar-refractivity contribution in [1.29, 1.82) is 5.41 Å². The highest BCUT2D eigenvalue weighted by molar-refractivity contribution is 6.65. The van der Waals surface area contributed by atoms with Crippen molar-refractivity contribution in [3.63, 3.8) is 0 Å². The summed E-state index contributed by atoms with van der Waals surface area (Å²) in [5.41, 5.74) is 3.52. The van der Waals surface area contributed by atoms with Gasteiger partial charge >= 0.3 is 6.18 Å². The van der Waals surface area contributed by atoms with Gasteiger partial charge in [0.15, 0.2) is 0 Å². The first-order valence-electron chi connectivity index (χ1n) is 11.9. The molecule has 1 aromatic heterocycles. The molecule has 2 rings (SSSR count). The zero-order valence-corrected chi connectivity index (χ0v) is 21.5. The van der Waals surface area contributed by atoms with Crippen molar-refractivity contribution in [2.75, 3.05) is 25.6 Å².